The fourth-order valence-corrected chi connectivity index (χ4v) is 4.73. The number of rotatable bonds is 6. The van der Waals surface area contributed by atoms with Crippen molar-refractivity contribution in [2.24, 2.45) is 0 Å². The number of nitrogens with one attached hydrogen (secondary N) is 1. The molecule has 4 rings (SSSR count). The molecule has 2 amide bonds. The lowest BCUT2D eigenvalue weighted by atomic mass is 10.1. The number of aromatic nitrogens is 2. The van der Waals surface area contributed by atoms with Crippen molar-refractivity contribution in [3.8, 4) is 10.4 Å². The van der Waals surface area contributed by atoms with E-state index in [0.29, 0.717) is 36.9 Å². The minimum atomic E-state index is -0.623. The number of morpholine rings is 1. The number of carbonyl (C=O) groups is 2. The summed E-state index contributed by atoms with van der Waals surface area (Å²) >= 11 is 1.34. The first-order chi connectivity index (χ1) is 15.4. The first kappa shape index (κ1) is 21.7. The molecule has 0 bridgehead atoms. The molecule has 1 aliphatic heterocycles. The van der Waals surface area contributed by atoms with E-state index in [9.17, 15) is 19.7 Å². The highest BCUT2D eigenvalue weighted by atomic mass is 32.1. The van der Waals surface area contributed by atoms with E-state index in [1.54, 1.807) is 4.90 Å². The van der Waals surface area contributed by atoms with Gasteiger partial charge in [-0.25, -0.2) is 0 Å². The average Bonchev–Trinajstić information content (AvgIpc) is 3.39. The fourth-order valence-electron chi connectivity index (χ4n) is 3.51. The van der Waals surface area contributed by atoms with Gasteiger partial charge >= 0.3 is 5.82 Å². The number of carbonyl (C=O) groups excluding carboxylic acids is 2. The maximum atomic E-state index is 13.3. The summed E-state index contributed by atoms with van der Waals surface area (Å²) in [5.41, 5.74) is 2.21. The van der Waals surface area contributed by atoms with Gasteiger partial charge in [0.2, 0.25) is 12.2 Å². The van der Waals surface area contributed by atoms with E-state index >= 15 is 0 Å². The SMILES string of the molecule is Cc1c(-c2ccccc2)sc(NC(=O)Cn2cnc([N+](=O)[O-])c2)c1C(=O)N1CCOCC1. The van der Waals surface area contributed by atoms with Gasteiger partial charge in [0.05, 0.1) is 18.8 Å². The minimum absolute atomic E-state index is 0.155. The molecule has 1 saturated heterocycles. The van der Waals surface area contributed by atoms with E-state index in [0.717, 1.165) is 16.0 Å². The molecule has 0 aliphatic carbocycles. The normalized spacial score (nSPS) is 13.7. The van der Waals surface area contributed by atoms with Crippen LogP contribution in [-0.4, -0.2) is 57.5 Å². The van der Waals surface area contributed by atoms with Gasteiger partial charge in [0.15, 0.2) is 0 Å². The molecule has 10 nitrogen and oxygen atoms in total. The summed E-state index contributed by atoms with van der Waals surface area (Å²) in [7, 11) is 0. The Morgan fingerprint density at radius 1 is 1.25 bits per heavy atom. The molecule has 0 atom stereocenters. The maximum Gasteiger partial charge on any atom is 0.381 e. The Bertz CT molecular complexity index is 1150. The van der Waals surface area contributed by atoms with Crippen molar-refractivity contribution < 1.29 is 19.2 Å². The first-order valence-corrected chi connectivity index (χ1v) is 10.8. The second-order valence-corrected chi connectivity index (χ2v) is 8.26. The molecule has 0 spiro atoms. The largest absolute Gasteiger partial charge is 0.381 e. The lowest BCUT2D eigenvalue weighted by Gasteiger charge is -2.27. The number of hydrogen-bond acceptors (Lipinski definition) is 7. The molecule has 1 fully saturated rings. The molecule has 0 unspecified atom stereocenters. The molecule has 11 heteroatoms. The molecular formula is C21H21N5O5S. The van der Waals surface area contributed by atoms with Crippen LogP contribution in [0.2, 0.25) is 0 Å². The van der Waals surface area contributed by atoms with E-state index in [1.807, 2.05) is 37.3 Å². The zero-order valence-electron chi connectivity index (χ0n) is 17.3. The Balaban J connectivity index is 1.63. The number of imidazole rings is 1. The van der Waals surface area contributed by atoms with E-state index in [1.165, 1.54) is 28.4 Å². The smallest absolute Gasteiger partial charge is 0.378 e. The van der Waals surface area contributed by atoms with Crippen LogP contribution in [-0.2, 0) is 16.1 Å². The maximum absolute atomic E-state index is 13.3. The number of nitrogens with zero attached hydrogens (tertiary/aromatic N) is 4. The standard InChI is InChI=1S/C21H21N5O5S/c1-14-18(21(28)25-7-9-31-10-8-25)20(32-19(14)15-5-3-2-4-6-15)23-17(27)12-24-11-16(22-13-24)26(29)30/h2-6,11,13H,7-10,12H2,1H3,(H,23,27). The van der Waals surface area contributed by atoms with Crippen molar-refractivity contribution in [1.29, 1.82) is 0 Å². The third-order valence-corrected chi connectivity index (χ3v) is 6.34. The van der Waals surface area contributed by atoms with Gasteiger partial charge in [-0.15, -0.1) is 11.3 Å². The van der Waals surface area contributed by atoms with Crippen LogP contribution in [0, 0.1) is 17.0 Å². The average molecular weight is 455 g/mol. The Morgan fingerprint density at radius 3 is 2.62 bits per heavy atom. The zero-order chi connectivity index (χ0) is 22.7. The summed E-state index contributed by atoms with van der Waals surface area (Å²) in [6, 6.07) is 9.67. The first-order valence-electron chi connectivity index (χ1n) is 9.96. The lowest BCUT2D eigenvalue weighted by Crippen LogP contribution is -2.41. The number of anilines is 1. The summed E-state index contributed by atoms with van der Waals surface area (Å²) in [5, 5.41) is 14.1. The summed E-state index contributed by atoms with van der Waals surface area (Å²) in [6.45, 7) is 3.63. The van der Waals surface area contributed by atoms with E-state index in [-0.39, 0.29) is 18.3 Å². The van der Waals surface area contributed by atoms with Gasteiger partial charge in [0.1, 0.15) is 17.7 Å². The van der Waals surface area contributed by atoms with Crippen molar-refractivity contribution in [2.75, 3.05) is 31.6 Å². The molecule has 0 saturated carbocycles. The van der Waals surface area contributed by atoms with Crippen molar-refractivity contribution >= 4 is 34.0 Å². The topological polar surface area (TPSA) is 120 Å². The third-order valence-electron chi connectivity index (χ3n) is 5.08. The van der Waals surface area contributed by atoms with Crippen LogP contribution < -0.4 is 5.32 Å². The molecule has 0 radical (unpaired) electrons. The van der Waals surface area contributed by atoms with Crippen LogP contribution in [0.3, 0.4) is 0 Å². The molecule has 1 aliphatic rings. The van der Waals surface area contributed by atoms with Crippen molar-refractivity contribution in [1.82, 2.24) is 14.5 Å². The van der Waals surface area contributed by atoms with Crippen LogP contribution in [0.1, 0.15) is 15.9 Å². The molecule has 3 aromatic rings. The highest BCUT2D eigenvalue weighted by Gasteiger charge is 2.28. The van der Waals surface area contributed by atoms with Crippen LogP contribution >= 0.6 is 11.3 Å². The monoisotopic (exact) mass is 455 g/mol. The molecule has 32 heavy (non-hydrogen) atoms. The molecule has 3 heterocycles. The number of benzene rings is 1. The van der Waals surface area contributed by atoms with Crippen molar-refractivity contribution in [3.05, 3.63) is 64.1 Å². The Labute approximate surface area is 187 Å². The summed E-state index contributed by atoms with van der Waals surface area (Å²) in [5.74, 6) is -0.897. The Hall–Kier alpha value is -3.57. The molecule has 166 valence electrons. The summed E-state index contributed by atoms with van der Waals surface area (Å²) < 4.78 is 6.68. The number of hydrogen-bond donors (Lipinski definition) is 1. The Morgan fingerprint density at radius 2 is 1.97 bits per heavy atom. The number of nitro groups is 1. The zero-order valence-corrected chi connectivity index (χ0v) is 18.1. The van der Waals surface area contributed by atoms with Crippen LogP contribution in [0.4, 0.5) is 10.8 Å². The predicted molar refractivity (Wildman–Crippen MR) is 119 cm³/mol. The third kappa shape index (κ3) is 4.53. The van der Waals surface area contributed by atoms with Gasteiger partial charge in [0, 0.05) is 18.0 Å². The number of amides is 2. The lowest BCUT2D eigenvalue weighted by molar-refractivity contribution is -0.389. The molecular weight excluding hydrogens is 434 g/mol. The van der Waals surface area contributed by atoms with Crippen molar-refractivity contribution in [2.45, 2.75) is 13.5 Å². The highest BCUT2D eigenvalue weighted by Crippen LogP contribution is 2.40. The van der Waals surface area contributed by atoms with Crippen molar-refractivity contribution in [3.63, 3.8) is 0 Å². The summed E-state index contributed by atoms with van der Waals surface area (Å²) in [6.07, 6.45) is 2.42. The highest BCUT2D eigenvalue weighted by molar-refractivity contribution is 7.20. The Kier molecular flexibility index (Phi) is 6.28. The van der Waals surface area contributed by atoms with E-state index in [2.05, 4.69) is 10.3 Å². The van der Waals surface area contributed by atoms with E-state index in [4.69, 9.17) is 4.74 Å². The van der Waals surface area contributed by atoms with Gasteiger partial charge in [-0.1, -0.05) is 30.3 Å². The van der Waals surface area contributed by atoms with Gasteiger partial charge in [-0.05, 0) is 28.0 Å². The van der Waals surface area contributed by atoms with E-state index < -0.39 is 10.8 Å². The second kappa shape index (κ2) is 9.28. The van der Waals surface area contributed by atoms with Gasteiger partial charge in [-0.3, -0.25) is 9.59 Å². The number of ether oxygens (including phenoxy) is 1. The minimum Gasteiger partial charge on any atom is -0.378 e. The van der Waals surface area contributed by atoms with Gasteiger partial charge < -0.3 is 29.6 Å². The predicted octanol–water partition coefficient (Wildman–Crippen LogP) is 2.94. The van der Waals surface area contributed by atoms with Crippen LogP contribution in [0.5, 0.6) is 0 Å². The molecule has 1 aromatic carbocycles. The second-order valence-electron chi connectivity index (χ2n) is 7.24. The molecule has 1 N–H and O–H groups in total. The van der Waals surface area contributed by atoms with Crippen LogP contribution in [0.15, 0.2) is 42.9 Å². The quantitative estimate of drug-likeness (QED) is 0.451. The van der Waals surface area contributed by atoms with Crippen LogP contribution in [0.25, 0.3) is 10.4 Å². The molecule has 2 aromatic heterocycles. The fraction of sp³-hybridized carbons (Fsp3) is 0.286. The van der Waals surface area contributed by atoms with Gasteiger partial charge in [-0.2, -0.15) is 0 Å². The number of thiophene rings is 1. The summed E-state index contributed by atoms with van der Waals surface area (Å²) in [4.78, 5) is 42.5. The van der Waals surface area contributed by atoms with Gasteiger partial charge in [0.25, 0.3) is 5.91 Å².